The Morgan fingerprint density at radius 1 is 1.43 bits per heavy atom. The van der Waals surface area contributed by atoms with Crippen LogP contribution in [0.3, 0.4) is 0 Å². The highest BCUT2D eigenvalue weighted by Gasteiger charge is 2.11. The number of hydrogen-bond acceptors (Lipinski definition) is 4. The fourth-order valence-corrected chi connectivity index (χ4v) is 2.10. The average Bonchev–Trinajstić information content (AvgIpc) is 2.51. The van der Waals surface area contributed by atoms with E-state index in [9.17, 15) is 14.0 Å². The standard InChI is InChI=1S/C16H14FN3O3/c1-10-4-5-20(16(23)13(10)7-15(21)22)19-9-11-2-3-14(17)12(6-11)8-18/h2-6,19H,7,9H2,1H3,(H,21,22). The lowest BCUT2D eigenvalue weighted by atomic mass is 10.1. The van der Waals surface area contributed by atoms with Crippen molar-refractivity contribution in [2.24, 2.45) is 0 Å². The topological polar surface area (TPSA) is 95.1 Å². The molecule has 23 heavy (non-hydrogen) atoms. The number of nitriles is 1. The quantitative estimate of drug-likeness (QED) is 0.872. The number of pyridine rings is 1. The van der Waals surface area contributed by atoms with Crippen molar-refractivity contribution in [2.75, 3.05) is 5.43 Å². The largest absolute Gasteiger partial charge is 0.481 e. The van der Waals surface area contributed by atoms with Gasteiger partial charge in [0.1, 0.15) is 11.9 Å². The van der Waals surface area contributed by atoms with E-state index in [1.807, 2.05) is 0 Å². The van der Waals surface area contributed by atoms with E-state index in [1.54, 1.807) is 19.1 Å². The second-order valence-electron chi connectivity index (χ2n) is 4.98. The van der Waals surface area contributed by atoms with Gasteiger partial charge in [-0.1, -0.05) is 6.07 Å². The Morgan fingerprint density at radius 3 is 2.83 bits per heavy atom. The molecule has 0 aliphatic heterocycles. The third-order valence-electron chi connectivity index (χ3n) is 3.36. The van der Waals surface area contributed by atoms with Crippen LogP contribution in [0.1, 0.15) is 22.3 Å². The van der Waals surface area contributed by atoms with Crippen LogP contribution < -0.4 is 11.0 Å². The van der Waals surface area contributed by atoms with Gasteiger partial charge in [-0.2, -0.15) is 5.26 Å². The highest BCUT2D eigenvalue weighted by Crippen LogP contribution is 2.09. The van der Waals surface area contributed by atoms with Gasteiger partial charge in [-0.25, -0.2) is 9.07 Å². The molecule has 2 N–H and O–H groups in total. The Morgan fingerprint density at radius 2 is 2.17 bits per heavy atom. The van der Waals surface area contributed by atoms with Gasteiger partial charge in [0.2, 0.25) is 0 Å². The number of nitrogens with one attached hydrogen (secondary N) is 1. The number of carbonyl (C=O) groups is 1. The van der Waals surface area contributed by atoms with Gasteiger partial charge in [-0.15, -0.1) is 0 Å². The first kappa shape index (κ1) is 16.2. The van der Waals surface area contributed by atoms with E-state index in [4.69, 9.17) is 10.4 Å². The number of nitrogens with zero attached hydrogens (tertiary/aromatic N) is 2. The molecule has 2 rings (SSSR count). The van der Waals surface area contributed by atoms with Crippen molar-refractivity contribution in [1.29, 1.82) is 5.26 Å². The number of carboxylic acids is 1. The predicted octanol–water partition coefficient (Wildman–Crippen LogP) is 1.54. The molecule has 0 amide bonds. The van der Waals surface area contributed by atoms with Crippen molar-refractivity contribution in [3.05, 3.63) is 68.9 Å². The summed E-state index contributed by atoms with van der Waals surface area (Å²) < 4.78 is 14.4. The third-order valence-corrected chi connectivity index (χ3v) is 3.36. The van der Waals surface area contributed by atoms with Crippen molar-refractivity contribution in [3.8, 4) is 6.07 Å². The number of carboxylic acid groups (broad SMARTS) is 1. The first-order chi connectivity index (χ1) is 10.9. The van der Waals surface area contributed by atoms with E-state index in [0.29, 0.717) is 11.1 Å². The number of hydrogen-bond donors (Lipinski definition) is 2. The van der Waals surface area contributed by atoms with Crippen molar-refractivity contribution in [3.63, 3.8) is 0 Å². The average molecular weight is 315 g/mol. The zero-order valence-corrected chi connectivity index (χ0v) is 12.3. The van der Waals surface area contributed by atoms with E-state index >= 15 is 0 Å². The lowest BCUT2D eigenvalue weighted by molar-refractivity contribution is -0.136. The Kier molecular flexibility index (Phi) is 4.76. The van der Waals surface area contributed by atoms with E-state index in [2.05, 4.69) is 5.43 Å². The Bertz CT molecular complexity index is 853. The van der Waals surface area contributed by atoms with E-state index in [1.165, 1.54) is 29.1 Å². The molecule has 0 bridgehead atoms. The van der Waals surface area contributed by atoms with Crippen molar-refractivity contribution < 1.29 is 14.3 Å². The highest BCUT2D eigenvalue weighted by atomic mass is 19.1. The Labute approximate surface area is 131 Å². The second kappa shape index (κ2) is 6.75. The smallest absolute Gasteiger partial charge is 0.308 e. The minimum absolute atomic E-state index is 0.0767. The first-order valence-electron chi connectivity index (χ1n) is 6.77. The number of aliphatic carboxylic acids is 1. The molecule has 0 spiro atoms. The van der Waals surface area contributed by atoms with Gasteiger partial charge in [-0.05, 0) is 36.2 Å². The van der Waals surface area contributed by atoms with Gasteiger partial charge >= 0.3 is 5.97 Å². The maximum Gasteiger partial charge on any atom is 0.308 e. The fraction of sp³-hybridized carbons (Fsp3) is 0.188. The van der Waals surface area contributed by atoms with Crippen LogP contribution in [0.5, 0.6) is 0 Å². The normalized spacial score (nSPS) is 10.1. The summed E-state index contributed by atoms with van der Waals surface area (Å²) in [5.41, 5.74) is 3.71. The number of aromatic nitrogens is 1. The fourth-order valence-electron chi connectivity index (χ4n) is 2.10. The van der Waals surface area contributed by atoms with Crippen LogP contribution in [0.2, 0.25) is 0 Å². The predicted molar refractivity (Wildman–Crippen MR) is 81.0 cm³/mol. The minimum atomic E-state index is -1.08. The molecule has 0 fully saturated rings. The van der Waals surface area contributed by atoms with Crippen LogP contribution in [-0.4, -0.2) is 15.8 Å². The molecule has 2 aromatic rings. The molecule has 0 aliphatic rings. The van der Waals surface area contributed by atoms with Crippen LogP contribution in [0.25, 0.3) is 0 Å². The Hall–Kier alpha value is -3.14. The van der Waals surface area contributed by atoms with Gasteiger partial charge in [-0.3, -0.25) is 9.59 Å². The van der Waals surface area contributed by atoms with Crippen LogP contribution in [-0.2, 0) is 17.8 Å². The van der Waals surface area contributed by atoms with Crippen LogP contribution in [0.15, 0.2) is 35.3 Å². The maximum absolute atomic E-state index is 13.3. The maximum atomic E-state index is 13.3. The molecule has 0 aliphatic carbocycles. The lowest BCUT2D eigenvalue weighted by Crippen LogP contribution is -2.32. The van der Waals surface area contributed by atoms with Crippen LogP contribution >= 0.6 is 0 Å². The van der Waals surface area contributed by atoms with Crippen LogP contribution in [0.4, 0.5) is 4.39 Å². The molecule has 1 aromatic heterocycles. The van der Waals surface area contributed by atoms with Gasteiger partial charge in [0.15, 0.2) is 0 Å². The number of halogens is 1. The summed E-state index contributed by atoms with van der Waals surface area (Å²) in [6, 6.07) is 7.46. The number of rotatable bonds is 5. The van der Waals surface area contributed by atoms with E-state index in [0.717, 1.165) is 0 Å². The monoisotopic (exact) mass is 315 g/mol. The van der Waals surface area contributed by atoms with Gasteiger partial charge in [0.05, 0.1) is 18.5 Å². The summed E-state index contributed by atoms with van der Waals surface area (Å²) in [5.74, 6) is -1.69. The second-order valence-corrected chi connectivity index (χ2v) is 4.98. The molecular formula is C16H14FN3O3. The van der Waals surface area contributed by atoms with Gasteiger partial charge in [0, 0.05) is 11.8 Å². The van der Waals surface area contributed by atoms with Gasteiger partial charge in [0.25, 0.3) is 5.56 Å². The van der Waals surface area contributed by atoms with E-state index in [-0.39, 0.29) is 24.1 Å². The van der Waals surface area contributed by atoms with Gasteiger partial charge < -0.3 is 10.5 Å². The molecule has 0 atom stereocenters. The van der Waals surface area contributed by atoms with E-state index < -0.39 is 17.3 Å². The van der Waals surface area contributed by atoms with Crippen molar-refractivity contribution >= 4 is 5.97 Å². The zero-order valence-electron chi connectivity index (χ0n) is 12.3. The molecule has 1 heterocycles. The SMILES string of the molecule is Cc1ccn(NCc2ccc(F)c(C#N)c2)c(=O)c1CC(=O)O. The van der Waals surface area contributed by atoms with Crippen molar-refractivity contribution in [1.82, 2.24) is 4.68 Å². The molecule has 0 unspecified atom stereocenters. The summed E-state index contributed by atoms with van der Waals surface area (Å²) in [5, 5.41) is 17.7. The molecular weight excluding hydrogens is 301 g/mol. The summed E-state index contributed by atoms with van der Waals surface area (Å²) in [6.45, 7) is 1.85. The number of benzene rings is 1. The lowest BCUT2D eigenvalue weighted by Gasteiger charge is -2.12. The molecule has 118 valence electrons. The summed E-state index contributed by atoms with van der Waals surface area (Å²) >= 11 is 0. The third kappa shape index (κ3) is 3.74. The first-order valence-corrected chi connectivity index (χ1v) is 6.77. The molecule has 1 aromatic carbocycles. The summed E-state index contributed by atoms with van der Waals surface area (Å²) in [6.07, 6.45) is 1.14. The molecule has 0 saturated carbocycles. The summed E-state index contributed by atoms with van der Waals surface area (Å²) in [7, 11) is 0. The Balaban J connectivity index is 2.23. The molecule has 0 radical (unpaired) electrons. The molecule has 6 nitrogen and oxygen atoms in total. The van der Waals surface area contributed by atoms with Crippen LogP contribution in [0, 0.1) is 24.1 Å². The minimum Gasteiger partial charge on any atom is -0.481 e. The molecule has 7 heteroatoms. The number of aryl methyl sites for hydroxylation is 1. The highest BCUT2D eigenvalue weighted by molar-refractivity contribution is 5.70. The molecule has 0 saturated heterocycles. The summed E-state index contributed by atoms with van der Waals surface area (Å²) in [4.78, 5) is 23.1. The zero-order chi connectivity index (χ0) is 17.0. The van der Waals surface area contributed by atoms with Crippen molar-refractivity contribution in [2.45, 2.75) is 19.9 Å².